The van der Waals surface area contributed by atoms with Gasteiger partial charge >= 0.3 is 5.97 Å². The largest absolute Gasteiger partial charge is 0.497 e. The highest BCUT2D eigenvalue weighted by molar-refractivity contribution is 6.00. The monoisotopic (exact) mass is 412 g/mol. The zero-order valence-corrected chi connectivity index (χ0v) is 17.1. The molecule has 0 radical (unpaired) electrons. The molecule has 1 aliphatic heterocycles. The Morgan fingerprint density at radius 2 is 1.73 bits per heavy atom. The van der Waals surface area contributed by atoms with E-state index in [4.69, 9.17) is 14.2 Å². The molecule has 0 spiro atoms. The molecule has 0 aliphatic carbocycles. The highest BCUT2D eigenvalue weighted by Crippen LogP contribution is 2.28. The van der Waals surface area contributed by atoms with Crippen molar-refractivity contribution in [3.63, 3.8) is 0 Å². The van der Waals surface area contributed by atoms with Gasteiger partial charge in [0.15, 0.2) is 6.10 Å². The van der Waals surface area contributed by atoms with Gasteiger partial charge in [-0.3, -0.25) is 14.4 Å². The van der Waals surface area contributed by atoms with E-state index >= 15 is 0 Å². The Kier molecular flexibility index (Phi) is 6.56. The Balaban J connectivity index is 1.54. The van der Waals surface area contributed by atoms with Crippen molar-refractivity contribution < 1.29 is 28.6 Å². The summed E-state index contributed by atoms with van der Waals surface area (Å²) in [6, 6.07) is 12.3. The number of carbonyl (C=O) groups excluding carboxylic acids is 3. The standard InChI is InChI=1S/C22H24N2O6/c1-14(22(27)24-9-8-15-6-4-5-7-19(15)24)30-20(25)13-23-21(26)16-10-17(28-2)12-18(11-16)29-3/h4-7,10-12,14H,8-9,13H2,1-3H3,(H,23,26)/t14-/m1/s1. The van der Waals surface area contributed by atoms with Gasteiger partial charge in [-0.2, -0.15) is 0 Å². The number of benzene rings is 2. The van der Waals surface area contributed by atoms with E-state index in [9.17, 15) is 14.4 Å². The van der Waals surface area contributed by atoms with Crippen LogP contribution in [0, 0.1) is 0 Å². The van der Waals surface area contributed by atoms with E-state index in [1.54, 1.807) is 11.0 Å². The molecule has 2 aromatic rings. The van der Waals surface area contributed by atoms with E-state index in [1.807, 2.05) is 24.3 Å². The second kappa shape index (κ2) is 9.30. The first kappa shape index (κ1) is 21.2. The van der Waals surface area contributed by atoms with E-state index in [1.165, 1.54) is 33.3 Å². The molecule has 0 fully saturated rings. The Labute approximate surface area is 174 Å². The molecular weight excluding hydrogens is 388 g/mol. The first-order chi connectivity index (χ1) is 14.4. The van der Waals surface area contributed by atoms with Gasteiger partial charge in [0.05, 0.1) is 14.2 Å². The molecule has 30 heavy (non-hydrogen) atoms. The van der Waals surface area contributed by atoms with Gasteiger partial charge in [0.1, 0.15) is 18.0 Å². The van der Waals surface area contributed by atoms with Crippen LogP contribution in [0.15, 0.2) is 42.5 Å². The molecule has 0 bridgehead atoms. The third-order valence-corrected chi connectivity index (χ3v) is 4.82. The minimum absolute atomic E-state index is 0.275. The number of esters is 1. The molecule has 0 aromatic heterocycles. The first-order valence-electron chi connectivity index (χ1n) is 9.53. The number of hydrogen-bond donors (Lipinski definition) is 1. The fourth-order valence-electron chi connectivity index (χ4n) is 3.27. The average molecular weight is 412 g/mol. The number of anilines is 1. The fourth-order valence-corrected chi connectivity index (χ4v) is 3.27. The molecule has 0 saturated carbocycles. The molecular formula is C22H24N2O6. The number of methoxy groups -OCH3 is 2. The van der Waals surface area contributed by atoms with Crippen molar-refractivity contribution in [2.45, 2.75) is 19.4 Å². The van der Waals surface area contributed by atoms with Crippen molar-refractivity contribution in [2.24, 2.45) is 0 Å². The molecule has 8 nitrogen and oxygen atoms in total. The van der Waals surface area contributed by atoms with Crippen LogP contribution >= 0.6 is 0 Å². The van der Waals surface area contributed by atoms with Gasteiger partial charge in [-0.25, -0.2) is 0 Å². The molecule has 2 aromatic carbocycles. The van der Waals surface area contributed by atoms with Gasteiger partial charge in [-0.05, 0) is 37.1 Å². The third-order valence-electron chi connectivity index (χ3n) is 4.82. The van der Waals surface area contributed by atoms with Crippen LogP contribution < -0.4 is 19.7 Å². The number of amides is 2. The molecule has 1 atom stereocenters. The minimum atomic E-state index is -0.961. The SMILES string of the molecule is COc1cc(OC)cc(C(=O)NCC(=O)O[C@H](C)C(=O)N2CCc3ccccc32)c1. The molecule has 0 saturated heterocycles. The average Bonchev–Trinajstić information content (AvgIpc) is 3.20. The molecule has 0 unspecified atom stereocenters. The van der Waals surface area contributed by atoms with E-state index in [0.717, 1.165) is 17.7 Å². The van der Waals surface area contributed by atoms with Crippen molar-refractivity contribution in [3.05, 3.63) is 53.6 Å². The van der Waals surface area contributed by atoms with E-state index < -0.39 is 18.0 Å². The van der Waals surface area contributed by atoms with Gasteiger partial charge in [0.2, 0.25) is 0 Å². The number of ether oxygens (including phenoxy) is 3. The zero-order chi connectivity index (χ0) is 21.7. The second-order valence-corrected chi connectivity index (χ2v) is 6.78. The second-order valence-electron chi connectivity index (χ2n) is 6.78. The summed E-state index contributed by atoms with van der Waals surface area (Å²) in [7, 11) is 2.95. The summed E-state index contributed by atoms with van der Waals surface area (Å²) in [6.07, 6.45) is -0.194. The quantitative estimate of drug-likeness (QED) is 0.699. The maximum Gasteiger partial charge on any atom is 0.326 e. The Morgan fingerprint density at radius 3 is 2.40 bits per heavy atom. The lowest BCUT2D eigenvalue weighted by atomic mass is 10.2. The number of hydrogen-bond acceptors (Lipinski definition) is 6. The summed E-state index contributed by atoms with van der Waals surface area (Å²) < 4.78 is 15.5. The van der Waals surface area contributed by atoms with Crippen LogP contribution in [0.2, 0.25) is 0 Å². The topological polar surface area (TPSA) is 94.2 Å². The lowest BCUT2D eigenvalue weighted by Gasteiger charge is -2.21. The van der Waals surface area contributed by atoms with Gasteiger partial charge in [-0.15, -0.1) is 0 Å². The highest BCUT2D eigenvalue weighted by Gasteiger charge is 2.29. The van der Waals surface area contributed by atoms with Gasteiger partial charge in [0.25, 0.3) is 11.8 Å². The molecule has 158 valence electrons. The first-order valence-corrected chi connectivity index (χ1v) is 9.53. The van der Waals surface area contributed by atoms with Crippen molar-refractivity contribution in [2.75, 3.05) is 32.2 Å². The van der Waals surface area contributed by atoms with Crippen LogP contribution in [-0.4, -0.2) is 51.2 Å². The molecule has 2 amide bonds. The Bertz CT molecular complexity index is 936. The Morgan fingerprint density at radius 1 is 1.07 bits per heavy atom. The van der Waals surface area contributed by atoms with Crippen LogP contribution in [0.4, 0.5) is 5.69 Å². The van der Waals surface area contributed by atoms with E-state index in [-0.39, 0.29) is 18.0 Å². The summed E-state index contributed by atoms with van der Waals surface area (Å²) in [4.78, 5) is 38.8. The van der Waals surface area contributed by atoms with Gasteiger partial charge < -0.3 is 24.4 Å². The normalized spacial score (nSPS) is 13.2. The molecule has 1 heterocycles. The van der Waals surface area contributed by atoms with Crippen molar-refractivity contribution in [1.29, 1.82) is 0 Å². The molecule has 1 N–H and O–H groups in total. The summed E-state index contributed by atoms with van der Waals surface area (Å²) in [5.74, 6) is -0.584. The fraction of sp³-hybridized carbons (Fsp3) is 0.318. The van der Waals surface area contributed by atoms with Crippen molar-refractivity contribution in [3.8, 4) is 11.5 Å². The van der Waals surface area contributed by atoms with E-state index in [2.05, 4.69) is 5.32 Å². The smallest absolute Gasteiger partial charge is 0.326 e. The molecule has 8 heteroatoms. The maximum absolute atomic E-state index is 12.7. The number of nitrogens with zero attached hydrogens (tertiary/aromatic N) is 1. The van der Waals surface area contributed by atoms with Crippen LogP contribution in [0.25, 0.3) is 0 Å². The predicted molar refractivity (Wildman–Crippen MR) is 110 cm³/mol. The zero-order valence-electron chi connectivity index (χ0n) is 17.1. The highest BCUT2D eigenvalue weighted by atomic mass is 16.5. The van der Waals surface area contributed by atoms with Gasteiger partial charge in [-0.1, -0.05) is 18.2 Å². The summed E-state index contributed by atoms with van der Waals surface area (Å²) in [5.41, 5.74) is 2.20. The maximum atomic E-state index is 12.7. The summed E-state index contributed by atoms with van der Waals surface area (Å²) in [6.45, 7) is 1.71. The molecule has 3 rings (SSSR count). The summed E-state index contributed by atoms with van der Waals surface area (Å²) in [5, 5.41) is 2.48. The Hall–Kier alpha value is -3.55. The van der Waals surface area contributed by atoms with Gasteiger partial charge in [0, 0.05) is 23.9 Å². The number of nitrogens with one attached hydrogen (secondary N) is 1. The third kappa shape index (κ3) is 4.71. The number of para-hydroxylation sites is 1. The minimum Gasteiger partial charge on any atom is -0.497 e. The van der Waals surface area contributed by atoms with Crippen molar-refractivity contribution in [1.82, 2.24) is 5.32 Å². The lowest BCUT2D eigenvalue weighted by Crippen LogP contribution is -2.41. The number of fused-ring (bicyclic) bond motifs is 1. The number of carbonyl (C=O) groups is 3. The summed E-state index contributed by atoms with van der Waals surface area (Å²) >= 11 is 0. The van der Waals surface area contributed by atoms with Crippen LogP contribution in [-0.2, 0) is 20.7 Å². The lowest BCUT2D eigenvalue weighted by molar-refractivity contribution is -0.152. The predicted octanol–water partition coefficient (Wildman–Crippen LogP) is 1.95. The van der Waals surface area contributed by atoms with Crippen LogP contribution in [0.3, 0.4) is 0 Å². The van der Waals surface area contributed by atoms with E-state index in [0.29, 0.717) is 18.0 Å². The van der Waals surface area contributed by atoms with Crippen LogP contribution in [0.1, 0.15) is 22.8 Å². The molecule has 1 aliphatic rings. The van der Waals surface area contributed by atoms with Crippen LogP contribution in [0.5, 0.6) is 11.5 Å². The van der Waals surface area contributed by atoms with Crippen molar-refractivity contribution >= 4 is 23.5 Å². The number of rotatable bonds is 7.